The number of rotatable bonds is 2. The normalized spacial score (nSPS) is 19.0. The smallest absolute Gasteiger partial charge is 0.188 e. The Balaban J connectivity index is 4.85. The zero-order chi connectivity index (χ0) is 10.2. The van der Waals surface area contributed by atoms with E-state index in [2.05, 4.69) is 11.6 Å². The van der Waals surface area contributed by atoms with E-state index in [9.17, 15) is 30.9 Å². The van der Waals surface area contributed by atoms with Gasteiger partial charge in [-0.15, -0.1) is 4.94 Å². The summed E-state index contributed by atoms with van der Waals surface area (Å²) in [5.74, 6) is -6.11. The fraction of sp³-hybridized carbons (Fsp3) is 1.00. The molecule has 1 unspecified atom stereocenters. The summed E-state index contributed by atoms with van der Waals surface area (Å²) in [5.41, 5.74) is 0. The maximum absolute atomic E-state index is 11.8. The lowest BCUT2D eigenvalue weighted by atomic mass is 10.3. The van der Waals surface area contributed by atoms with Crippen molar-refractivity contribution >= 4 is 11.6 Å². The Bertz CT molecular complexity index is 163. The van der Waals surface area contributed by atoms with Gasteiger partial charge < -0.3 is 0 Å². The standard InChI is InChI=1S/C3ClF7O/c4-2(7,12-11)1(5,6)3(8,9)10. The Kier molecular flexibility index (Phi) is 2.85. The molecule has 0 aromatic rings. The van der Waals surface area contributed by atoms with Crippen molar-refractivity contribution in [3.63, 3.8) is 0 Å². The van der Waals surface area contributed by atoms with E-state index in [0.717, 1.165) is 0 Å². The van der Waals surface area contributed by atoms with E-state index in [1.807, 2.05) is 0 Å². The summed E-state index contributed by atoms with van der Waals surface area (Å²) in [6.45, 7) is 0. The van der Waals surface area contributed by atoms with Crippen LogP contribution >= 0.6 is 11.6 Å². The third-order valence-corrected chi connectivity index (χ3v) is 1.11. The van der Waals surface area contributed by atoms with Crippen molar-refractivity contribution in [1.29, 1.82) is 0 Å². The first-order valence-corrected chi connectivity index (χ1v) is 2.56. The number of hydrogen-bond donors (Lipinski definition) is 0. The average molecular weight is 220 g/mol. The average Bonchev–Trinajstić information content (AvgIpc) is 1.85. The molecule has 0 aliphatic rings. The monoisotopic (exact) mass is 220 g/mol. The maximum Gasteiger partial charge on any atom is 0.461 e. The molecule has 0 saturated carbocycles. The summed E-state index contributed by atoms with van der Waals surface area (Å²) < 4.78 is 79.6. The molecule has 0 fully saturated rings. The van der Waals surface area contributed by atoms with Gasteiger partial charge in [-0.25, -0.2) is 0 Å². The second-order valence-electron chi connectivity index (χ2n) is 1.67. The highest BCUT2D eigenvalue weighted by molar-refractivity contribution is 6.22. The van der Waals surface area contributed by atoms with E-state index in [4.69, 9.17) is 0 Å². The molecular formula is C3ClF7O. The Morgan fingerprint density at radius 2 is 1.25 bits per heavy atom. The topological polar surface area (TPSA) is 9.23 Å². The van der Waals surface area contributed by atoms with Crippen LogP contribution in [0.1, 0.15) is 0 Å². The molecule has 1 nitrogen and oxygen atoms in total. The molecule has 0 spiro atoms. The molecular weight excluding hydrogens is 220 g/mol. The predicted octanol–water partition coefficient (Wildman–Crippen LogP) is 2.95. The van der Waals surface area contributed by atoms with E-state index in [-0.39, 0.29) is 0 Å². The molecule has 0 aromatic heterocycles. The second kappa shape index (κ2) is 2.91. The fourth-order valence-corrected chi connectivity index (χ4v) is 0.321. The first-order valence-electron chi connectivity index (χ1n) is 2.18. The highest BCUT2D eigenvalue weighted by atomic mass is 35.5. The van der Waals surface area contributed by atoms with Gasteiger partial charge >= 0.3 is 17.4 Å². The summed E-state index contributed by atoms with van der Waals surface area (Å²) in [5, 5.41) is -5.23. The van der Waals surface area contributed by atoms with Crippen molar-refractivity contribution in [2.75, 3.05) is 0 Å². The van der Waals surface area contributed by atoms with Crippen LogP contribution in [-0.4, -0.2) is 17.4 Å². The molecule has 0 heterocycles. The molecule has 9 heteroatoms. The zero-order valence-electron chi connectivity index (χ0n) is 4.93. The predicted molar refractivity (Wildman–Crippen MR) is 22.9 cm³/mol. The Morgan fingerprint density at radius 1 is 0.917 bits per heavy atom. The summed E-state index contributed by atoms with van der Waals surface area (Å²) in [4.78, 5) is 1.66. The van der Waals surface area contributed by atoms with E-state index in [1.165, 1.54) is 0 Å². The zero-order valence-corrected chi connectivity index (χ0v) is 5.69. The summed E-state index contributed by atoms with van der Waals surface area (Å²) >= 11 is 3.76. The molecule has 0 N–H and O–H groups in total. The minimum Gasteiger partial charge on any atom is -0.188 e. The lowest BCUT2D eigenvalue weighted by Gasteiger charge is -2.25. The molecule has 0 aliphatic heterocycles. The molecule has 0 rings (SSSR count). The van der Waals surface area contributed by atoms with Gasteiger partial charge in [0.1, 0.15) is 0 Å². The Morgan fingerprint density at radius 3 is 1.33 bits per heavy atom. The van der Waals surface area contributed by atoms with Crippen LogP contribution in [0.15, 0.2) is 0 Å². The van der Waals surface area contributed by atoms with Crippen LogP contribution in [0.2, 0.25) is 0 Å². The quantitative estimate of drug-likeness (QED) is 0.513. The molecule has 0 bridgehead atoms. The number of halogens is 8. The van der Waals surface area contributed by atoms with Crippen LogP contribution in [0, 0.1) is 0 Å². The molecule has 1 atom stereocenters. The fourth-order valence-electron chi connectivity index (χ4n) is 0.213. The van der Waals surface area contributed by atoms with Crippen molar-refractivity contribution in [1.82, 2.24) is 0 Å². The molecule has 12 heavy (non-hydrogen) atoms. The maximum atomic E-state index is 11.8. The summed E-state index contributed by atoms with van der Waals surface area (Å²) in [7, 11) is 0. The lowest BCUT2D eigenvalue weighted by Crippen LogP contribution is -2.51. The Labute approximate surface area is 65.9 Å². The largest absolute Gasteiger partial charge is 0.461 e. The minimum atomic E-state index is -6.32. The molecule has 0 saturated heterocycles. The van der Waals surface area contributed by atoms with Crippen LogP contribution in [0.4, 0.5) is 30.9 Å². The highest BCUT2D eigenvalue weighted by Crippen LogP contribution is 2.48. The Hall–Kier alpha value is -0.240. The van der Waals surface area contributed by atoms with E-state index >= 15 is 0 Å². The van der Waals surface area contributed by atoms with Crippen molar-refractivity contribution in [2.24, 2.45) is 0 Å². The van der Waals surface area contributed by atoms with Crippen molar-refractivity contribution in [3.05, 3.63) is 0 Å². The van der Waals surface area contributed by atoms with Crippen molar-refractivity contribution in [2.45, 2.75) is 17.4 Å². The van der Waals surface area contributed by atoms with Crippen LogP contribution in [0.3, 0.4) is 0 Å². The van der Waals surface area contributed by atoms with Crippen LogP contribution < -0.4 is 0 Å². The third kappa shape index (κ3) is 1.74. The summed E-state index contributed by atoms with van der Waals surface area (Å²) in [6.07, 6.45) is -6.32. The van der Waals surface area contributed by atoms with Crippen LogP contribution in [0.25, 0.3) is 0 Å². The van der Waals surface area contributed by atoms with Crippen LogP contribution in [0.5, 0.6) is 0 Å². The van der Waals surface area contributed by atoms with Gasteiger partial charge in [-0.1, -0.05) is 0 Å². The highest BCUT2D eigenvalue weighted by Gasteiger charge is 2.73. The van der Waals surface area contributed by atoms with E-state index in [0.29, 0.717) is 0 Å². The minimum absolute atomic E-state index is 1.66. The van der Waals surface area contributed by atoms with Gasteiger partial charge in [0.15, 0.2) is 0 Å². The van der Waals surface area contributed by atoms with Crippen molar-refractivity contribution < 1.29 is 35.8 Å². The number of hydrogen-bond acceptors (Lipinski definition) is 1. The molecule has 0 aliphatic carbocycles. The SMILES string of the molecule is FOC(F)(Cl)C(F)(F)C(F)(F)F. The van der Waals surface area contributed by atoms with Crippen molar-refractivity contribution in [3.8, 4) is 0 Å². The van der Waals surface area contributed by atoms with E-state index in [1.54, 1.807) is 4.94 Å². The van der Waals surface area contributed by atoms with E-state index < -0.39 is 17.4 Å². The van der Waals surface area contributed by atoms with Gasteiger partial charge in [0, 0.05) is 0 Å². The summed E-state index contributed by atoms with van der Waals surface area (Å²) in [6, 6.07) is 0. The second-order valence-corrected chi connectivity index (χ2v) is 2.15. The van der Waals surface area contributed by atoms with Gasteiger partial charge in [0.25, 0.3) is 0 Å². The molecule has 74 valence electrons. The van der Waals surface area contributed by atoms with Gasteiger partial charge in [-0.05, 0) is 16.1 Å². The van der Waals surface area contributed by atoms with Gasteiger partial charge in [0.2, 0.25) is 0 Å². The van der Waals surface area contributed by atoms with Gasteiger partial charge in [-0.2, -0.15) is 26.3 Å². The number of alkyl halides is 7. The van der Waals surface area contributed by atoms with Crippen LogP contribution in [-0.2, 0) is 4.94 Å². The first-order chi connectivity index (χ1) is 5.06. The van der Waals surface area contributed by atoms with Gasteiger partial charge in [0.05, 0.1) is 0 Å². The first kappa shape index (κ1) is 11.8. The third-order valence-electron chi connectivity index (χ3n) is 0.818. The van der Waals surface area contributed by atoms with Gasteiger partial charge in [-0.3, -0.25) is 0 Å². The molecule has 0 amide bonds. The lowest BCUT2D eigenvalue weighted by molar-refractivity contribution is -0.397. The molecule has 0 radical (unpaired) electrons. The molecule has 0 aromatic carbocycles.